The highest BCUT2D eigenvalue weighted by molar-refractivity contribution is 5.95. The predicted molar refractivity (Wildman–Crippen MR) is 69.4 cm³/mol. The van der Waals surface area contributed by atoms with Crippen molar-refractivity contribution in [3.8, 4) is 23.6 Å². The predicted octanol–water partition coefficient (Wildman–Crippen LogP) is 1.74. The van der Waals surface area contributed by atoms with E-state index in [1.807, 2.05) is 0 Å². The molecule has 0 bridgehead atoms. The molecule has 20 heavy (non-hydrogen) atoms. The number of aromatic carboxylic acids is 1. The molecule has 1 rings (SSSR count). The van der Waals surface area contributed by atoms with Crippen LogP contribution in [0.15, 0.2) is 23.9 Å². The first-order valence-electron chi connectivity index (χ1n) is 5.33. The summed E-state index contributed by atoms with van der Waals surface area (Å²) >= 11 is 0. The SMILES string of the molecule is COc1cc(NC=C(C#N)C#N)c(C(=O)O)cc1OC. The van der Waals surface area contributed by atoms with Crippen molar-refractivity contribution < 1.29 is 19.4 Å². The number of benzene rings is 1. The molecule has 0 atom stereocenters. The number of allylic oxidation sites excluding steroid dienone is 1. The zero-order valence-electron chi connectivity index (χ0n) is 10.8. The van der Waals surface area contributed by atoms with E-state index in [1.165, 1.54) is 26.4 Å². The molecule has 7 nitrogen and oxygen atoms in total. The number of carboxylic acid groups (broad SMARTS) is 1. The van der Waals surface area contributed by atoms with Crippen LogP contribution in [-0.4, -0.2) is 25.3 Å². The van der Waals surface area contributed by atoms with E-state index in [0.29, 0.717) is 5.75 Å². The molecule has 0 unspecified atom stereocenters. The molecule has 102 valence electrons. The molecule has 1 aromatic rings. The van der Waals surface area contributed by atoms with Crippen molar-refractivity contribution in [1.29, 1.82) is 10.5 Å². The lowest BCUT2D eigenvalue weighted by Gasteiger charge is -2.12. The van der Waals surface area contributed by atoms with E-state index in [0.717, 1.165) is 6.20 Å². The highest BCUT2D eigenvalue weighted by Gasteiger charge is 2.15. The summed E-state index contributed by atoms with van der Waals surface area (Å²) < 4.78 is 10.1. The standard InChI is InChI=1S/C13H11N3O4/c1-19-11-3-9(13(17)18)10(4-12(11)20-2)16-7-8(5-14)6-15/h3-4,7,16H,1-2H3,(H,17,18). The van der Waals surface area contributed by atoms with Gasteiger partial charge in [0.25, 0.3) is 0 Å². The molecule has 0 aliphatic carbocycles. The molecule has 0 fully saturated rings. The molecule has 0 aromatic heterocycles. The van der Waals surface area contributed by atoms with Crippen LogP contribution in [0.5, 0.6) is 11.5 Å². The number of hydrogen-bond acceptors (Lipinski definition) is 6. The molecule has 0 saturated heterocycles. The number of anilines is 1. The summed E-state index contributed by atoms with van der Waals surface area (Å²) in [5.41, 5.74) is -0.0802. The molecule has 1 aromatic carbocycles. The number of nitrogens with one attached hydrogen (secondary N) is 1. The van der Waals surface area contributed by atoms with E-state index in [-0.39, 0.29) is 22.6 Å². The van der Waals surface area contributed by atoms with Gasteiger partial charge in [0, 0.05) is 18.3 Å². The minimum absolute atomic E-state index is 0.0749. The zero-order chi connectivity index (χ0) is 15.1. The number of nitrogens with zero attached hydrogens (tertiary/aromatic N) is 2. The van der Waals surface area contributed by atoms with Crippen molar-refractivity contribution in [3.05, 3.63) is 29.5 Å². The van der Waals surface area contributed by atoms with Crippen molar-refractivity contribution >= 4 is 11.7 Å². The summed E-state index contributed by atoms with van der Waals surface area (Å²) in [5.74, 6) is -0.596. The van der Waals surface area contributed by atoms with Gasteiger partial charge in [-0.15, -0.1) is 0 Å². The Bertz CT molecular complexity index is 622. The largest absolute Gasteiger partial charge is 0.493 e. The van der Waals surface area contributed by atoms with Gasteiger partial charge in [-0.1, -0.05) is 0 Å². The van der Waals surface area contributed by atoms with Crippen LogP contribution in [0.25, 0.3) is 0 Å². The second-order valence-corrected chi connectivity index (χ2v) is 3.48. The monoisotopic (exact) mass is 273 g/mol. The number of hydrogen-bond donors (Lipinski definition) is 2. The first-order valence-corrected chi connectivity index (χ1v) is 5.33. The fourth-order valence-corrected chi connectivity index (χ4v) is 1.41. The van der Waals surface area contributed by atoms with Gasteiger partial charge in [0.1, 0.15) is 17.7 Å². The number of nitriles is 2. The third kappa shape index (κ3) is 3.18. The van der Waals surface area contributed by atoms with E-state index in [4.69, 9.17) is 25.1 Å². The van der Waals surface area contributed by atoms with Gasteiger partial charge in [-0.2, -0.15) is 10.5 Å². The first kappa shape index (κ1) is 14.9. The van der Waals surface area contributed by atoms with Crippen LogP contribution in [0.1, 0.15) is 10.4 Å². The highest BCUT2D eigenvalue weighted by atomic mass is 16.5. The molecule has 0 aliphatic rings. The highest BCUT2D eigenvalue weighted by Crippen LogP contribution is 2.33. The third-order valence-electron chi connectivity index (χ3n) is 2.37. The summed E-state index contributed by atoms with van der Waals surface area (Å²) in [6.45, 7) is 0. The number of carbonyl (C=O) groups is 1. The number of carboxylic acids is 1. The third-order valence-corrected chi connectivity index (χ3v) is 2.37. The summed E-state index contributed by atoms with van der Waals surface area (Å²) in [5, 5.41) is 29.0. The van der Waals surface area contributed by atoms with E-state index >= 15 is 0 Å². The fourth-order valence-electron chi connectivity index (χ4n) is 1.41. The van der Waals surface area contributed by atoms with Gasteiger partial charge in [-0.25, -0.2) is 4.79 Å². The van der Waals surface area contributed by atoms with Gasteiger partial charge in [-0.05, 0) is 0 Å². The minimum atomic E-state index is -1.18. The second kappa shape index (κ2) is 6.66. The number of ether oxygens (including phenoxy) is 2. The van der Waals surface area contributed by atoms with Crippen LogP contribution >= 0.6 is 0 Å². The quantitative estimate of drug-likeness (QED) is 0.785. The maximum atomic E-state index is 11.2. The van der Waals surface area contributed by atoms with E-state index < -0.39 is 5.97 Å². The fraction of sp³-hybridized carbons (Fsp3) is 0.154. The Morgan fingerprint density at radius 1 is 1.25 bits per heavy atom. The summed E-state index contributed by atoms with van der Waals surface area (Å²) in [4.78, 5) is 11.2. The molecule has 0 amide bonds. The van der Waals surface area contributed by atoms with Crippen LogP contribution in [-0.2, 0) is 0 Å². The molecular formula is C13H11N3O4. The Hall–Kier alpha value is -3.19. The van der Waals surface area contributed by atoms with Crippen molar-refractivity contribution in [2.75, 3.05) is 19.5 Å². The first-order chi connectivity index (χ1) is 9.57. The van der Waals surface area contributed by atoms with Gasteiger partial charge in [0.2, 0.25) is 0 Å². The lowest BCUT2D eigenvalue weighted by molar-refractivity contribution is 0.0697. The van der Waals surface area contributed by atoms with Crippen LogP contribution in [0.2, 0.25) is 0 Å². The van der Waals surface area contributed by atoms with Gasteiger partial charge >= 0.3 is 5.97 Å². The van der Waals surface area contributed by atoms with Gasteiger partial charge in [0.15, 0.2) is 11.5 Å². The van der Waals surface area contributed by atoms with Crippen LogP contribution in [0.4, 0.5) is 5.69 Å². The molecular weight excluding hydrogens is 262 g/mol. The smallest absolute Gasteiger partial charge is 0.337 e. The van der Waals surface area contributed by atoms with Crippen molar-refractivity contribution in [1.82, 2.24) is 0 Å². The molecule has 2 N–H and O–H groups in total. The van der Waals surface area contributed by atoms with E-state index in [2.05, 4.69) is 5.32 Å². The molecule has 0 radical (unpaired) electrons. The van der Waals surface area contributed by atoms with Gasteiger partial charge in [0.05, 0.1) is 25.5 Å². The molecule has 0 spiro atoms. The number of rotatable bonds is 5. The Morgan fingerprint density at radius 2 is 1.80 bits per heavy atom. The molecule has 0 saturated carbocycles. The Kier molecular flexibility index (Phi) is 4.96. The average Bonchev–Trinajstić information content (AvgIpc) is 2.47. The normalized spacial score (nSPS) is 8.80. The molecule has 0 heterocycles. The summed E-state index contributed by atoms with van der Waals surface area (Å²) in [7, 11) is 2.80. The van der Waals surface area contributed by atoms with Gasteiger partial charge in [-0.3, -0.25) is 0 Å². The lowest BCUT2D eigenvalue weighted by Crippen LogP contribution is -2.04. The lowest BCUT2D eigenvalue weighted by atomic mass is 10.1. The topological polar surface area (TPSA) is 115 Å². The maximum absolute atomic E-state index is 11.2. The second-order valence-electron chi connectivity index (χ2n) is 3.48. The van der Waals surface area contributed by atoms with Gasteiger partial charge < -0.3 is 19.9 Å². The minimum Gasteiger partial charge on any atom is -0.493 e. The Morgan fingerprint density at radius 3 is 2.25 bits per heavy atom. The van der Waals surface area contributed by atoms with Crippen LogP contribution in [0.3, 0.4) is 0 Å². The maximum Gasteiger partial charge on any atom is 0.337 e. The van der Waals surface area contributed by atoms with E-state index in [1.54, 1.807) is 12.1 Å². The number of methoxy groups -OCH3 is 2. The van der Waals surface area contributed by atoms with Crippen molar-refractivity contribution in [3.63, 3.8) is 0 Å². The molecule has 7 heteroatoms. The molecule has 0 aliphatic heterocycles. The van der Waals surface area contributed by atoms with Crippen LogP contribution < -0.4 is 14.8 Å². The Labute approximate surface area is 115 Å². The summed E-state index contributed by atoms with van der Waals surface area (Å²) in [6.07, 6.45) is 1.12. The average molecular weight is 273 g/mol. The summed E-state index contributed by atoms with van der Waals surface area (Å²) in [6, 6.07) is 6.01. The van der Waals surface area contributed by atoms with Crippen molar-refractivity contribution in [2.45, 2.75) is 0 Å². The van der Waals surface area contributed by atoms with Crippen LogP contribution in [0, 0.1) is 22.7 Å². The Balaban J connectivity index is 3.31. The van der Waals surface area contributed by atoms with Crippen molar-refractivity contribution in [2.24, 2.45) is 0 Å². The van der Waals surface area contributed by atoms with E-state index in [9.17, 15) is 4.79 Å². The zero-order valence-corrected chi connectivity index (χ0v) is 10.8.